The zero-order valence-corrected chi connectivity index (χ0v) is 18.9. The third-order valence-electron chi connectivity index (χ3n) is 6.14. The van der Waals surface area contributed by atoms with E-state index in [0.29, 0.717) is 35.7 Å². The molecule has 1 aliphatic rings. The molecule has 170 valence electrons. The number of aromatic nitrogens is 4. The van der Waals surface area contributed by atoms with Gasteiger partial charge >= 0.3 is 0 Å². The summed E-state index contributed by atoms with van der Waals surface area (Å²) in [6, 6.07) is 15.9. The SMILES string of the molecule is COc1cc2c(Nc3cc(-c4ccccc4)[nH]n3)ncnc2cc1OCC1CCN(C)CC1. The number of nitrogens with one attached hydrogen (secondary N) is 2. The molecule has 33 heavy (non-hydrogen) atoms. The Morgan fingerprint density at radius 1 is 1.06 bits per heavy atom. The molecule has 0 bridgehead atoms. The lowest BCUT2D eigenvalue weighted by molar-refractivity contribution is 0.157. The second-order valence-electron chi connectivity index (χ2n) is 8.46. The molecule has 0 radical (unpaired) electrons. The van der Waals surface area contributed by atoms with Gasteiger partial charge in [-0.25, -0.2) is 9.97 Å². The Hall–Kier alpha value is -3.65. The van der Waals surface area contributed by atoms with E-state index in [9.17, 15) is 0 Å². The molecule has 1 saturated heterocycles. The smallest absolute Gasteiger partial charge is 0.163 e. The Labute approximate surface area is 193 Å². The van der Waals surface area contributed by atoms with Crippen LogP contribution in [0.25, 0.3) is 22.2 Å². The molecule has 8 nitrogen and oxygen atoms in total. The summed E-state index contributed by atoms with van der Waals surface area (Å²) < 4.78 is 11.8. The van der Waals surface area contributed by atoms with Crippen molar-refractivity contribution in [3.8, 4) is 22.8 Å². The van der Waals surface area contributed by atoms with Crippen LogP contribution in [0.2, 0.25) is 0 Å². The van der Waals surface area contributed by atoms with E-state index >= 15 is 0 Å². The third-order valence-corrected chi connectivity index (χ3v) is 6.14. The number of piperidine rings is 1. The van der Waals surface area contributed by atoms with Crippen LogP contribution in [-0.2, 0) is 0 Å². The van der Waals surface area contributed by atoms with Crippen LogP contribution >= 0.6 is 0 Å². The van der Waals surface area contributed by atoms with Crippen LogP contribution in [0, 0.1) is 5.92 Å². The van der Waals surface area contributed by atoms with Crippen LogP contribution in [-0.4, -0.2) is 58.9 Å². The highest BCUT2D eigenvalue weighted by atomic mass is 16.5. The fourth-order valence-electron chi connectivity index (χ4n) is 4.14. The maximum atomic E-state index is 6.18. The van der Waals surface area contributed by atoms with Crippen molar-refractivity contribution in [1.82, 2.24) is 25.1 Å². The van der Waals surface area contributed by atoms with Crippen molar-refractivity contribution >= 4 is 22.5 Å². The van der Waals surface area contributed by atoms with Crippen LogP contribution in [0.15, 0.2) is 54.9 Å². The number of methoxy groups -OCH3 is 1. The van der Waals surface area contributed by atoms with Gasteiger partial charge in [0.15, 0.2) is 17.3 Å². The number of ether oxygens (including phenoxy) is 2. The van der Waals surface area contributed by atoms with Crippen molar-refractivity contribution in [2.45, 2.75) is 12.8 Å². The van der Waals surface area contributed by atoms with E-state index in [0.717, 1.165) is 48.1 Å². The highest BCUT2D eigenvalue weighted by Crippen LogP contribution is 2.35. The molecule has 1 aliphatic heterocycles. The van der Waals surface area contributed by atoms with Crippen molar-refractivity contribution in [1.29, 1.82) is 0 Å². The first-order valence-electron chi connectivity index (χ1n) is 11.2. The summed E-state index contributed by atoms with van der Waals surface area (Å²) in [6.45, 7) is 2.91. The van der Waals surface area contributed by atoms with E-state index in [1.807, 2.05) is 48.5 Å². The number of likely N-dealkylation sites (tertiary alicyclic amines) is 1. The summed E-state index contributed by atoms with van der Waals surface area (Å²) >= 11 is 0. The van der Waals surface area contributed by atoms with Crippen LogP contribution in [0.4, 0.5) is 11.6 Å². The Bertz CT molecular complexity index is 1220. The largest absolute Gasteiger partial charge is 0.493 e. The second-order valence-corrected chi connectivity index (χ2v) is 8.46. The summed E-state index contributed by atoms with van der Waals surface area (Å²) in [5.41, 5.74) is 2.78. The molecule has 0 saturated carbocycles. The van der Waals surface area contributed by atoms with Gasteiger partial charge in [-0.2, -0.15) is 5.10 Å². The first-order chi connectivity index (χ1) is 16.2. The molecular weight excluding hydrogens is 416 g/mol. The van der Waals surface area contributed by atoms with Gasteiger partial charge < -0.3 is 19.7 Å². The fraction of sp³-hybridized carbons (Fsp3) is 0.320. The lowest BCUT2D eigenvalue weighted by atomic mass is 9.98. The molecule has 1 fully saturated rings. The van der Waals surface area contributed by atoms with Gasteiger partial charge in [0.2, 0.25) is 0 Å². The maximum Gasteiger partial charge on any atom is 0.163 e. The van der Waals surface area contributed by atoms with E-state index in [-0.39, 0.29) is 0 Å². The van der Waals surface area contributed by atoms with E-state index < -0.39 is 0 Å². The van der Waals surface area contributed by atoms with Gasteiger partial charge in [0.25, 0.3) is 0 Å². The Balaban J connectivity index is 1.36. The molecule has 0 amide bonds. The fourth-order valence-corrected chi connectivity index (χ4v) is 4.14. The van der Waals surface area contributed by atoms with Crippen LogP contribution in [0.1, 0.15) is 12.8 Å². The van der Waals surface area contributed by atoms with Gasteiger partial charge in [0.1, 0.15) is 12.1 Å². The topological polar surface area (TPSA) is 88.2 Å². The van der Waals surface area contributed by atoms with Crippen molar-refractivity contribution in [3.63, 3.8) is 0 Å². The van der Waals surface area contributed by atoms with Crippen molar-refractivity contribution in [2.24, 2.45) is 5.92 Å². The van der Waals surface area contributed by atoms with Crippen molar-refractivity contribution in [3.05, 3.63) is 54.9 Å². The van der Waals surface area contributed by atoms with Gasteiger partial charge in [-0.3, -0.25) is 5.10 Å². The van der Waals surface area contributed by atoms with Gasteiger partial charge in [-0.1, -0.05) is 30.3 Å². The summed E-state index contributed by atoms with van der Waals surface area (Å²) in [7, 11) is 3.82. The van der Waals surface area contributed by atoms with Gasteiger partial charge in [0.05, 0.1) is 24.9 Å². The maximum absolute atomic E-state index is 6.18. The van der Waals surface area contributed by atoms with Crippen molar-refractivity contribution < 1.29 is 9.47 Å². The molecule has 2 aromatic carbocycles. The number of hydrogen-bond donors (Lipinski definition) is 2. The lowest BCUT2D eigenvalue weighted by Gasteiger charge is -2.28. The molecule has 2 aromatic heterocycles. The Kier molecular flexibility index (Phi) is 6.08. The van der Waals surface area contributed by atoms with Gasteiger partial charge in [0, 0.05) is 17.5 Å². The number of fused-ring (bicyclic) bond motifs is 1. The summed E-state index contributed by atoms with van der Waals surface area (Å²) in [5, 5.41) is 11.6. The van der Waals surface area contributed by atoms with E-state index in [2.05, 4.69) is 37.4 Å². The third kappa shape index (κ3) is 4.75. The number of rotatable bonds is 7. The van der Waals surface area contributed by atoms with Gasteiger partial charge in [-0.15, -0.1) is 0 Å². The number of benzene rings is 2. The van der Waals surface area contributed by atoms with E-state index in [1.54, 1.807) is 13.4 Å². The normalized spacial score (nSPS) is 15.0. The molecule has 0 aliphatic carbocycles. The number of aromatic amines is 1. The molecule has 2 N–H and O–H groups in total. The monoisotopic (exact) mass is 444 g/mol. The number of nitrogens with zero attached hydrogens (tertiary/aromatic N) is 4. The average molecular weight is 445 g/mol. The lowest BCUT2D eigenvalue weighted by Crippen LogP contribution is -2.32. The minimum absolute atomic E-state index is 0.558. The quantitative estimate of drug-likeness (QED) is 0.434. The number of anilines is 2. The summed E-state index contributed by atoms with van der Waals surface area (Å²) in [6.07, 6.45) is 3.84. The molecule has 3 heterocycles. The summed E-state index contributed by atoms with van der Waals surface area (Å²) in [4.78, 5) is 11.3. The van der Waals surface area contributed by atoms with Crippen LogP contribution in [0.3, 0.4) is 0 Å². The number of H-pyrrole nitrogens is 1. The minimum atomic E-state index is 0.558. The Morgan fingerprint density at radius 2 is 1.88 bits per heavy atom. The molecule has 5 rings (SSSR count). The molecule has 4 aromatic rings. The second kappa shape index (κ2) is 9.46. The van der Waals surface area contributed by atoms with E-state index in [1.165, 1.54) is 0 Å². The summed E-state index contributed by atoms with van der Waals surface area (Å²) in [5.74, 6) is 3.27. The molecule has 0 spiro atoms. The molecule has 8 heteroatoms. The predicted molar refractivity (Wildman–Crippen MR) is 129 cm³/mol. The van der Waals surface area contributed by atoms with Gasteiger partial charge in [-0.05, 0) is 50.5 Å². The predicted octanol–water partition coefficient (Wildman–Crippen LogP) is 4.49. The highest BCUT2D eigenvalue weighted by Gasteiger charge is 2.19. The molecule has 0 unspecified atom stereocenters. The standard InChI is InChI=1S/C25H28N6O2/c1-31-10-8-17(9-11-31)15-33-23-13-21-19(12-22(23)32-2)25(27-16-26-21)28-24-14-20(29-30-24)18-6-4-3-5-7-18/h3-7,12-14,16-17H,8-11,15H2,1-2H3,(H2,26,27,28,29,30). The number of hydrogen-bond acceptors (Lipinski definition) is 7. The van der Waals surface area contributed by atoms with Crippen LogP contribution < -0.4 is 14.8 Å². The Morgan fingerprint density at radius 3 is 2.67 bits per heavy atom. The van der Waals surface area contributed by atoms with E-state index in [4.69, 9.17) is 9.47 Å². The van der Waals surface area contributed by atoms with Crippen molar-refractivity contribution in [2.75, 3.05) is 39.2 Å². The molecular formula is C25H28N6O2. The first kappa shape index (κ1) is 21.2. The minimum Gasteiger partial charge on any atom is -0.493 e. The molecule has 0 atom stereocenters. The zero-order chi connectivity index (χ0) is 22.6. The first-order valence-corrected chi connectivity index (χ1v) is 11.2. The average Bonchev–Trinajstić information content (AvgIpc) is 3.32. The van der Waals surface area contributed by atoms with Crippen LogP contribution in [0.5, 0.6) is 11.5 Å². The zero-order valence-electron chi connectivity index (χ0n) is 18.9. The highest BCUT2D eigenvalue weighted by molar-refractivity contribution is 5.93.